The summed E-state index contributed by atoms with van der Waals surface area (Å²) < 4.78 is 1.78. The van der Waals surface area contributed by atoms with Crippen LogP contribution in [0.4, 0.5) is 5.82 Å². The molecular formula is C17H18N6O2. The number of nitrogens with zero attached hydrogens (tertiary/aromatic N) is 6. The standard InChI is InChI=1S/C17H18N6O2/c24-17(25)14-3-1-2-13(19-14)12-21-8-10-22(11-9-21)16-5-4-15-18-6-7-23(15)20-16/h1-7H,8-12H2,(H,24,25). The molecule has 0 spiro atoms. The summed E-state index contributed by atoms with van der Waals surface area (Å²) in [6.07, 6.45) is 3.58. The molecule has 0 amide bonds. The second kappa shape index (κ2) is 6.48. The molecule has 1 N–H and O–H groups in total. The average Bonchev–Trinajstić information content (AvgIpc) is 3.10. The molecule has 0 radical (unpaired) electrons. The number of fused-ring (bicyclic) bond motifs is 1. The first kappa shape index (κ1) is 15.5. The van der Waals surface area contributed by atoms with E-state index in [1.165, 1.54) is 6.07 Å². The minimum Gasteiger partial charge on any atom is -0.477 e. The van der Waals surface area contributed by atoms with Crippen molar-refractivity contribution in [3.63, 3.8) is 0 Å². The fraction of sp³-hybridized carbons (Fsp3) is 0.294. The van der Waals surface area contributed by atoms with Gasteiger partial charge in [0.05, 0.1) is 5.69 Å². The Morgan fingerprint density at radius 1 is 1.12 bits per heavy atom. The molecule has 3 aromatic rings. The lowest BCUT2D eigenvalue weighted by Gasteiger charge is -2.35. The molecule has 0 bridgehead atoms. The molecule has 0 saturated carbocycles. The molecule has 0 atom stereocenters. The van der Waals surface area contributed by atoms with Crippen LogP contribution in [0.5, 0.6) is 0 Å². The molecule has 25 heavy (non-hydrogen) atoms. The Bertz CT molecular complexity index is 901. The fourth-order valence-electron chi connectivity index (χ4n) is 3.02. The van der Waals surface area contributed by atoms with Crippen LogP contribution in [0.25, 0.3) is 5.65 Å². The van der Waals surface area contributed by atoms with Gasteiger partial charge < -0.3 is 10.0 Å². The van der Waals surface area contributed by atoms with Gasteiger partial charge in [-0.05, 0) is 24.3 Å². The number of anilines is 1. The Labute approximate surface area is 144 Å². The van der Waals surface area contributed by atoms with Crippen LogP contribution >= 0.6 is 0 Å². The van der Waals surface area contributed by atoms with Crippen LogP contribution < -0.4 is 4.90 Å². The number of carbonyl (C=O) groups is 1. The van der Waals surface area contributed by atoms with E-state index < -0.39 is 5.97 Å². The maximum Gasteiger partial charge on any atom is 0.354 e. The molecule has 0 aliphatic carbocycles. The monoisotopic (exact) mass is 338 g/mol. The van der Waals surface area contributed by atoms with Gasteiger partial charge in [0, 0.05) is 45.1 Å². The first-order chi connectivity index (χ1) is 12.2. The maximum atomic E-state index is 11.0. The van der Waals surface area contributed by atoms with Crippen LogP contribution in [0.15, 0.2) is 42.7 Å². The molecule has 0 unspecified atom stereocenters. The van der Waals surface area contributed by atoms with E-state index in [0.29, 0.717) is 6.54 Å². The van der Waals surface area contributed by atoms with Gasteiger partial charge in [-0.25, -0.2) is 19.3 Å². The first-order valence-corrected chi connectivity index (χ1v) is 8.16. The molecule has 0 aromatic carbocycles. The van der Waals surface area contributed by atoms with Crippen molar-refractivity contribution < 1.29 is 9.90 Å². The molecule has 128 valence electrons. The second-order valence-electron chi connectivity index (χ2n) is 6.00. The van der Waals surface area contributed by atoms with Crippen molar-refractivity contribution in [3.8, 4) is 0 Å². The molecule has 1 aliphatic heterocycles. The van der Waals surface area contributed by atoms with Crippen LogP contribution in [0, 0.1) is 0 Å². The molecule has 1 saturated heterocycles. The van der Waals surface area contributed by atoms with Gasteiger partial charge in [0.15, 0.2) is 5.65 Å². The molecule has 3 aromatic heterocycles. The third kappa shape index (κ3) is 3.29. The normalized spacial score (nSPS) is 15.6. The number of piperazine rings is 1. The van der Waals surface area contributed by atoms with Gasteiger partial charge in [-0.2, -0.15) is 0 Å². The number of aromatic carboxylic acids is 1. The highest BCUT2D eigenvalue weighted by Gasteiger charge is 2.19. The van der Waals surface area contributed by atoms with Crippen molar-refractivity contribution in [3.05, 3.63) is 54.1 Å². The minimum atomic E-state index is -0.993. The summed E-state index contributed by atoms with van der Waals surface area (Å²) in [6, 6.07) is 9.09. The highest BCUT2D eigenvalue weighted by molar-refractivity contribution is 5.85. The number of hydrogen-bond donors (Lipinski definition) is 1. The Hall–Kier alpha value is -3.00. The van der Waals surface area contributed by atoms with Gasteiger partial charge in [0.25, 0.3) is 0 Å². The third-order valence-corrected chi connectivity index (χ3v) is 4.35. The Balaban J connectivity index is 1.39. The summed E-state index contributed by atoms with van der Waals surface area (Å²) in [5.41, 5.74) is 1.71. The van der Waals surface area contributed by atoms with Crippen molar-refractivity contribution in [1.29, 1.82) is 0 Å². The van der Waals surface area contributed by atoms with Crippen molar-refractivity contribution in [2.45, 2.75) is 6.54 Å². The highest BCUT2D eigenvalue weighted by Crippen LogP contribution is 2.15. The predicted octanol–water partition coefficient (Wildman–Crippen LogP) is 1.14. The number of aromatic nitrogens is 4. The first-order valence-electron chi connectivity index (χ1n) is 8.16. The number of carboxylic acid groups (broad SMARTS) is 1. The molecule has 4 rings (SSSR count). The second-order valence-corrected chi connectivity index (χ2v) is 6.00. The van der Waals surface area contributed by atoms with Gasteiger partial charge >= 0.3 is 5.97 Å². The van der Waals surface area contributed by atoms with Crippen molar-refractivity contribution in [2.24, 2.45) is 0 Å². The van der Waals surface area contributed by atoms with Gasteiger partial charge in [-0.15, -0.1) is 5.10 Å². The van der Waals surface area contributed by atoms with Gasteiger partial charge in [-0.1, -0.05) is 6.07 Å². The number of imidazole rings is 1. The maximum absolute atomic E-state index is 11.0. The van der Waals surface area contributed by atoms with Crippen molar-refractivity contribution in [2.75, 3.05) is 31.1 Å². The summed E-state index contributed by atoms with van der Waals surface area (Å²) in [4.78, 5) is 24.0. The smallest absolute Gasteiger partial charge is 0.354 e. The fourth-order valence-corrected chi connectivity index (χ4v) is 3.02. The zero-order chi connectivity index (χ0) is 17.2. The zero-order valence-corrected chi connectivity index (χ0v) is 13.6. The van der Waals surface area contributed by atoms with Crippen molar-refractivity contribution >= 4 is 17.4 Å². The molecule has 1 aliphatic rings. The van der Waals surface area contributed by atoms with E-state index in [9.17, 15) is 4.79 Å². The van der Waals surface area contributed by atoms with E-state index in [4.69, 9.17) is 5.11 Å². The highest BCUT2D eigenvalue weighted by atomic mass is 16.4. The topological polar surface area (TPSA) is 86.9 Å². The summed E-state index contributed by atoms with van der Waals surface area (Å²) >= 11 is 0. The van der Waals surface area contributed by atoms with E-state index in [-0.39, 0.29) is 5.69 Å². The molecule has 4 heterocycles. The summed E-state index contributed by atoms with van der Waals surface area (Å²) in [5, 5.41) is 13.6. The Morgan fingerprint density at radius 2 is 1.96 bits per heavy atom. The summed E-state index contributed by atoms with van der Waals surface area (Å²) in [5.74, 6) is -0.0520. The Morgan fingerprint density at radius 3 is 2.76 bits per heavy atom. The minimum absolute atomic E-state index is 0.0916. The van der Waals surface area contributed by atoms with E-state index in [1.54, 1.807) is 16.8 Å². The lowest BCUT2D eigenvalue weighted by molar-refractivity contribution is 0.0690. The molecule has 8 heteroatoms. The van der Waals surface area contributed by atoms with E-state index in [1.807, 2.05) is 24.4 Å². The molecular weight excluding hydrogens is 320 g/mol. The summed E-state index contributed by atoms with van der Waals surface area (Å²) in [6.45, 7) is 4.14. The predicted molar refractivity (Wildman–Crippen MR) is 91.7 cm³/mol. The summed E-state index contributed by atoms with van der Waals surface area (Å²) in [7, 11) is 0. The lowest BCUT2D eigenvalue weighted by Crippen LogP contribution is -2.46. The van der Waals surface area contributed by atoms with Crippen LogP contribution in [-0.2, 0) is 6.54 Å². The van der Waals surface area contributed by atoms with Gasteiger partial charge in [0.2, 0.25) is 0 Å². The van der Waals surface area contributed by atoms with Gasteiger partial charge in [0.1, 0.15) is 11.5 Å². The number of hydrogen-bond acceptors (Lipinski definition) is 6. The quantitative estimate of drug-likeness (QED) is 0.763. The SMILES string of the molecule is O=C(O)c1cccc(CN2CCN(c3ccc4nccn4n3)CC2)n1. The van der Waals surface area contributed by atoms with E-state index in [2.05, 4.69) is 24.9 Å². The average molecular weight is 338 g/mol. The van der Waals surface area contributed by atoms with E-state index in [0.717, 1.165) is 43.3 Å². The van der Waals surface area contributed by atoms with Crippen LogP contribution in [0.3, 0.4) is 0 Å². The van der Waals surface area contributed by atoms with Crippen LogP contribution in [-0.4, -0.2) is 61.7 Å². The number of pyridine rings is 1. The Kier molecular flexibility index (Phi) is 4.02. The largest absolute Gasteiger partial charge is 0.477 e. The molecule has 1 fully saturated rings. The van der Waals surface area contributed by atoms with Crippen LogP contribution in [0.1, 0.15) is 16.2 Å². The lowest BCUT2D eigenvalue weighted by atomic mass is 10.2. The molecule has 8 nitrogen and oxygen atoms in total. The number of carboxylic acids is 1. The number of rotatable bonds is 4. The zero-order valence-electron chi connectivity index (χ0n) is 13.6. The van der Waals surface area contributed by atoms with Gasteiger partial charge in [-0.3, -0.25) is 4.90 Å². The van der Waals surface area contributed by atoms with E-state index >= 15 is 0 Å². The van der Waals surface area contributed by atoms with Crippen LogP contribution in [0.2, 0.25) is 0 Å². The third-order valence-electron chi connectivity index (χ3n) is 4.35. The van der Waals surface area contributed by atoms with Crippen molar-refractivity contribution in [1.82, 2.24) is 24.5 Å².